The Hall–Kier alpha value is -2.35. The molecule has 2 aromatic rings. The van der Waals surface area contributed by atoms with Gasteiger partial charge in [-0.1, -0.05) is 0 Å². The minimum absolute atomic E-state index is 0.0275. The van der Waals surface area contributed by atoms with E-state index in [0.29, 0.717) is 36.3 Å². The van der Waals surface area contributed by atoms with Crippen molar-refractivity contribution >= 4 is 16.6 Å². The van der Waals surface area contributed by atoms with Gasteiger partial charge in [-0.2, -0.15) is 0 Å². The monoisotopic (exact) mass is 376 g/mol. The maximum atomic E-state index is 15.1. The summed E-state index contributed by atoms with van der Waals surface area (Å²) in [6.45, 7) is 3.51. The zero-order valence-corrected chi connectivity index (χ0v) is 15.8. The first-order valence-corrected chi connectivity index (χ1v) is 9.43. The van der Waals surface area contributed by atoms with Crippen LogP contribution in [0.5, 0.6) is 5.75 Å². The number of nitrogens with one attached hydrogen (secondary N) is 2. The van der Waals surface area contributed by atoms with E-state index in [1.54, 1.807) is 4.57 Å². The SMILES string of the molecule is CNC(C)C1CCN(c2c(F)cc3c(=O)[nH]c(=O)n(C4CC4)c3c2OC)C1. The Bertz CT molecular complexity index is 995. The molecule has 0 spiro atoms. The van der Waals surface area contributed by atoms with Crippen LogP contribution in [-0.4, -0.2) is 42.8 Å². The van der Waals surface area contributed by atoms with Gasteiger partial charge in [-0.25, -0.2) is 9.18 Å². The van der Waals surface area contributed by atoms with Gasteiger partial charge in [0.2, 0.25) is 0 Å². The number of H-pyrrole nitrogens is 1. The fourth-order valence-corrected chi connectivity index (χ4v) is 4.15. The van der Waals surface area contributed by atoms with Gasteiger partial charge >= 0.3 is 5.69 Å². The first-order chi connectivity index (χ1) is 13.0. The topological polar surface area (TPSA) is 79.4 Å². The van der Waals surface area contributed by atoms with Crippen molar-refractivity contribution < 1.29 is 9.13 Å². The van der Waals surface area contributed by atoms with Gasteiger partial charge < -0.3 is 15.0 Å². The molecular weight excluding hydrogens is 351 g/mol. The van der Waals surface area contributed by atoms with Crippen LogP contribution in [0, 0.1) is 11.7 Å². The number of rotatable bonds is 5. The van der Waals surface area contributed by atoms with E-state index in [4.69, 9.17) is 4.74 Å². The van der Waals surface area contributed by atoms with Crippen molar-refractivity contribution in [3.63, 3.8) is 0 Å². The second-order valence-corrected chi connectivity index (χ2v) is 7.57. The quantitative estimate of drug-likeness (QED) is 0.829. The van der Waals surface area contributed by atoms with E-state index in [1.807, 2.05) is 11.9 Å². The van der Waals surface area contributed by atoms with Crippen LogP contribution in [-0.2, 0) is 0 Å². The van der Waals surface area contributed by atoms with Crippen molar-refractivity contribution in [3.8, 4) is 5.75 Å². The van der Waals surface area contributed by atoms with Crippen molar-refractivity contribution in [2.45, 2.75) is 38.3 Å². The first-order valence-electron chi connectivity index (χ1n) is 9.43. The molecule has 2 heterocycles. The van der Waals surface area contributed by atoms with E-state index in [-0.39, 0.29) is 17.2 Å². The van der Waals surface area contributed by atoms with Crippen LogP contribution in [0.4, 0.5) is 10.1 Å². The second-order valence-electron chi connectivity index (χ2n) is 7.57. The van der Waals surface area contributed by atoms with E-state index < -0.39 is 17.1 Å². The molecule has 27 heavy (non-hydrogen) atoms. The Morgan fingerprint density at radius 2 is 2.07 bits per heavy atom. The molecule has 1 saturated carbocycles. The second kappa shape index (κ2) is 6.67. The van der Waals surface area contributed by atoms with Crippen molar-refractivity contribution in [2.24, 2.45) is 5.92 Å². The molecule has 1 aromatic heterocycles. The van der Waals surface area contributed by atoms with Crippen LogP contribution in [0.3, 0.4) is 0 Å². The summed E-state index contributed by atoms with van der Waals surface area (Å²) in [6, 6.07) is 1.58. The molecule has 8 heteroatoms. The molecular formula is C19H25FN4O3. The lowest BCUT2D eigenvalue weighted by Gasteiger charge is -2.25. The molecule has 1 aromatic carbocycles. The van der Waals surface area contributed by atoms with E-state index in [1.165, 1.54) is 13.2 Å². The highest BCUT2D eigenvalue weighted by Gasteiger charge is 2.34. The molecule has 4 rings (SSSR count). The summed E-state index contributed by atoms with van der Waals surface area (Å²) in [7, 11) is 3.38. The molecule has 146 valence electrons. The smallest absolute Gasteiger partial charge is 0.329 e. The van der Waals surface area contributed by atoms with E-state index in [0.717, 1.165) is 19.3 Å². The number of benzene rings is 1. The average Bonchev–Trinajstić information content (AvgIpc) is 3.36. The zero-order valence-electron chi connectivity index (χ0n) is 15.8. The average molecular weight is 376 g/mol. The fourth-order valence-electron chi connectivity index (χ4n) is 4.15. The number of anilines is 1. The minimum Gasteiger partial charge on any atom is -0.492 e. The number of hydrogen-bond donors (Lipinski definition) is 2. The van der Waals surface area contributed by atoms with Gasteiger partial charge in [0, 0.05) is 25.2 Å². The maximum absolute atomic E-state index is 15.1. The van der Waals surface area contributed by atoms with Gasteiger partial charge in [-0.3, -0.25) is 14.3 Å². The number of aromatic amines is 1. The fraction of sp³-hybridized carbons (Fsp3) is 0.579. The molecule has 1 aliphatic heterocycles. The van der Waals surface area contributed by atoms with E-state index >= 15 is 4.39 Å². The number of ether oxygens (including phenoxy) is 1. The van der Waals surface area contributed by atoms with E-state index in [9.17, 15) is 9.59 Å². The van der Waals surface area contributed by atoms with Crippen molar-refractivity contribution in [3.05, 3.63) is 32.7 Å². The Balaban J connectivity index is 1.92. The number of fused-ring (bicyclic) bond motifs is 1. The maximum Gasteiger partial charge on any atom is 0.329 e. The third-order valence-corrected chi connectivity index (χ3v) is 5.93. The van der Waals surface area contributed by atoms with Gasteiger partial charge in [0.15, 0.2) is 11.6 Å². The van der Waals surface area contributed by atoms with Crippen LogP contribution in [0.1, 0.15) is 32.2 Å². The van der Waals surface area contributed by atoms with Gasteiger partial charge in [0.1, 0.15) is 11.2 Å². The lowest BCUT2D eigenvalue weighted by Crippen LogP contribution is -2.33. The summed E-state index contributed by atoms with van der Waals surface area (Å²) in [5, 5.41) is 3.41. The number of nitrogens with zero attached hydrogens (tertiary/aromatic N) is 2. The summed E-state index contributed by atoms with van der Waals surface area (Å²) in [5.74, 6) is 0.168. The lowest BCUT2D eigenvalue weighted by molar-refractivity contribution is 0.411. The number of halogens is 1. The molecule has 2 aliphatic rings. The van der Waals surface area contributed by atoms with Crippen molar-refractivity contribution in [2.75, 3.05) is 32.1 Å². The molecule has 1 saturated heterocycles. The molecule has 7 nitrogen and oxygen atoms in total. The van der Waals surface area contributed by atoms with Crippen molar-refractivity contribution in [1.82, 2.24) is 14.9 Å². The first kappa shape index (κ1) is 18.0. The Labute approximate surface area is 156 Å². The van der Waals surface area contributed by atoms with Gasteiger partial charge in [-0.15, -0.1) is 0 Å². The highest BCUT2D eigenvalue weighted by Crippen LogP contribution is 2.43. The molecule has 0 amide bonds. The molecule has 0 bridgehead atoms. The summed E-state index contributed by atoms with van der Waals surface area (Å²) >= 11 is 0. The van der Waals surface area contributed by atoms with Crippen LogP contribution in [0.15, 0.2) is 15.7 Å². The van der Waals surface area contributed by atoms with Crippen LogP contribution in [0.25, 0.3) is 10.9 Å². The third-order valence-electron chi connectivity index (χ3n) is 5.93. The summed E-state index contributed by atoms with van der Waals surface area (Å²) in [6.07, 6.45) is 2.66. The number of aromatic nitrogens is 2. The molecule has 2 atom stereocenters. The van der Waals surface area contributed by atoms with Crippen LogP contribution < -0.4 is 26.2 Å². The standard InChI is InChI=1S/C19H25FN4O3/c1-10(21-2)11-6-7-23(9-11)16-14(20)8-13-15(17(16)27-3)24(12-4-5-12)19(26)22-18(13)25/h8,10-12,21H,4-7,9H2,1-3H3,(H,22,25,26). The molecule has 2 unspecified atom stereocenters. The Morgan fingerprint density at radius 1 is 1.33 bits per heavy atom. The minimum atomic E-state index is -0.584. The Kier molecular flexibility index (Phi) is 4.46. The Morgan fingerprint density at radius 3 is 2.70 bits per heavy atom. The van der Waals surface area contributed by atoms with E-state index in [2.05, 4.69) is 17.2 Å². The molecule has 2 fully saturated rings. The van der Waals surface area contributed by atoms with Gasteiger partial charge in [0.25, 0.3) is 5.56 Å². The van der Waals surface area contributed by atoms with Gasteiger partial charge in [-0.05, 0) is 45.2 Å². The summed E-state index contributed by atoms with van der Waals surface area (Å²) in [5.41, 5.74) is -0.307. The predicted octanol–water partition coefficient (Wildman–Crippen LogP) is 1.61. The molecule has 2 N–H and O–H groups in total. The number of methoxy groups -OCH3 is 1. The summed E-state index contributed by atoms with van der Waals surface area (Å²) in [4.78, 5) is 29.0. The third kappa shape index (κ3) is 2.92. The normalized spacial score (nSPS) is 21.0. The van der Waals surface area contributed by atoms with Crippen LogP contribution in [0.2, 0.25) is 0 Å². The van der Waals surface area contributed by atoms with Crippen LogP contribution >= 0.6 is 0 Å². The number of hydrogen-bond acceptors (Lipinski definition) is 5. The van der Waals surface area contributed by atoms with Gasteiger partial charge in [0.05, 0.1) is 12.5 Å². The van der Waals surface area contributed by atoms with Crippen molar-refractivity contribution in [1.29, 1.82) is 0 Å². The zero-order chi connectivity index (χ0) is 19.3. The molecule has 0 radical (unpaired) electrons. The highest BCUT2D eigenvalue weighted by atomic mass is 19.1. The predicted molar refractivity (Wildman–Crippen MR) is 102 cm³/mol. The lowest BCUT2D eigenvalue weighted by atomic mass is 10.0. The largest absolute Gasteiger partial charge is 0.492 e. The molecule has 1 aliphatic carbocycles. The highest BCUT2D eigenvalue weighted by molar-refractivity contribution is 5.91. The summed E-state index contributed by atoms with van der Waals surface area (Å²) < 4.78 is 22.2.